The molecular formula is C10H20ClNO2S. The smallest absolute Gasteiger partial charge is 0.211 e. The molecule has 0 aromatic heterocycles. The molecule has 0 aliphatic heterocycles. The SMILES string of the molecule is CCC(CCCl)CNS(=O)(=O)CC1CC1. The lowest BCUT2D eigenvalue weighted by atomic mass is 10.0. The van der Waals surface area contributed by atoms with Crippen LogP contribution < -0.4 is 4.72 Å². The molecular weight excluding hydrogens is 234 g/mol. The number of nitrogens with one attached hydrogen (secondary N) is 1. The molecule has 0 aromatic carbocycles. The molecule has 0 saturated heterocycles. The minimum Gasteiger partial charge on any atom is -0.215 e. The van der Waals surface area contributed by atoms with E-state index in [0.717, 1.165) is 25.7 Å². The highest BCUT2D eigenvalue weighted by molar-refractivity contribution is 7.89. The monoisotopic (exact) mass is 253 g/mol. The van der Waals surface area contributed by atoms with E-state index in [4.69, 9.17) is 11.6 Å². The fraction of sp³-hybridized carbons (Fsp3) is 1.00. The number of hydrogen-bond donors (Lipinski definition) is 1. The first-order valence-corrected chi connectivity index (χ1v) is 7.79. The van der Waals surface area contributed by atoms with E-state index in [1.807, 2.05) is 0 Å². The molecule has 0 spiro atoms. The molecule has 0 aromatic rings. The predicted octanol–water partition coefficient (Wildman–Crippen LogP) is 1.97. The van der Waals surface area contributed by atoms with Crippen LogP contribution in [0.1, 0.15) is 32.6 Å². The lowest BCUT2D eigenvalue weighted by molar-refractivity contribution is 0.480. The fourth-order valence-corrected chi connectivity index (χ4v) is 3.37. The van der Waals surface area contributed by atoms with Gasteiger partial charge in [0.15, 0.2) is 0 Å². The zero-order valence-electron chi connectivity index (χ0n) is 9.21. The summed E-state index contributed by atoms with van der Waals surface area (Å²) in [6, 6.07) is 0. The molecule has 0 radical (unpaired) electrons. The first-order chi connectivity index (χ1) is 7.07. The third-order valence-electron chi connectivity index (χ3n) is 2.84. The predicted molar refractivity (Wildman–Crippen MR) is 63.6 cm³/mol. The second-order valence-electron chi connectivity index (χ2n) is 4.33. The summed E-state index contributed by atoms with van der Waals surface area (Å²) in [5.74, 6) is 1.69. The Balaban J connectivity index is 2.26. The van der Waals surface area contributed by atoms with Crippen molar-refractivity contribution >= 4 is 21.6 Å². The van der Waals surface area contributed by atoms with Crippen LogP contribution in [-0.4, -0.2) is 26.6 Å². The van der Waals surface area contributed by atoms with E-state index in [2.05, 4.69) is 11.6 Å². The molecule has 1 unspecified atom stereocenters. The van der Waals surface area contributed by atoms with Gasteiger partial charge in [-0.3, -0.25) is 0 Å². The molecule has 15 heavy (non-hydrogen) atoms. The minimum atomic E-state index is -3.03. The van der Waals surface area contributed by atoms with Gasteiger partial charge in [-0.25, -0.2) is 13.1 Å². The zero-order chi connectivity index (χ0) is 11.3. The molecule has 1 aliphatic carbocycles. The van der Waals surface area contributed by atoms with Crippen LogP contribution in [0, 0.1) is 11.8 Å². The first kappa shape index (κ1) is 13.3. The highest BCUT2D eigenvalue weighted by atomic mass is 35.5. The van der Waals surface area contributed by atoms with E-state index in [9.17, 15) is 8.42 Å². The van der Waals surface area contributed by atoms with Crippen molar-refractivity contribution in [3.63, 3.8) is 0 Å². The van der Waals surface area contributed by atoms with Crippen LogP contribution in [-0.2, 0) is 10.0 Å². The number of hydrogen-bond acceptors (Lipinski definition) is 2. The molecule has 5 heteroatoms. The normalized spacial score (nSPS) is 19.1. The quantitative estimate of drug-likeness (QED) is 0.673. The number of rotatable bonds is 8. The Morgan fingerprint density at radius 2 is 2.13 bits per heavy atom. The van der Waals surface area contributed by atoms with Crippen molar-refractivity contribution in [2.24, 2.45) is 11.8 Å². The van der Waals surface area contributed by atoms with Gasteiger partial charge in [0.2, 0.25) is 10.0 Å². The molecule has 0 heterocycles. The van der Waals surface area contributed by atoms with Gasteiger partial charge in [0.05, 0.1) is 5.75 Å². The Bertz CT molecular complexity index is 275. The van der Waals surface area contributed by atoms with Crippen LogP contribution in [0.4, 0.5) is 0 Å². The van der Waals surface area contributed by atoms with E-state index in [1.54, 1.807) is 0 Å². The van der Waals surface area contributed by atoms with Crippen molar-refractivity contribution in [1.29, 1.82) is 0 Å². The third-order valence-corrected chi connectivity index (χ3v) is 4.57. The molecule has 0 amide bonds. The number of alkyl halides is 1. The maximum absolute atomic E-state index is 11.6. The number of sulfonamides is 1. The van der Waals surface area contributed by atoms with E-state index in [1.165, 1.54) is 0 Å². The molecule has 1 fully saturated rings. The van der Waals surface area contributed by atoms with Crippen molar-refractivity contribution < 1.29 is 8.42 Å². The molecule has 90 valence electrons. The maximum Gasteiger partial charge on any atom is 0.211 e. The molecule has 1 saturated carbocycles. The summed E-state index contributed by atoms with van der Waals surface area (Å²) in [6.45, 7) is 2.60. The lowest BCUT2D eigenvalue weighted by Crippen LogP contribution is -2.31. The maximum atomic E-state index is 11.6. The summed E-state index contributed by atoms with van der Waals surface area (Å²) in [6.07, 6.45) is 3.99. The summed E-state index contributed by atoms with van der Waals surface area (Å²) >= 11 is 5.64. The summed E-state index contributed by atoms with van der Waals surface area (Å²) in [4.78, 5) is 0. The van der Waals surface area contributed by atoms with Crippen molar-refractivity contribution in [2.75, 3.05) is 18.2 Å². The second kappa shape index (κ2) is 6.06. The van der Waals surface area contributed by atoms with Crippen LogP contribution >= 0.6 is 11.6 Å². The Morgan fingerprint density at radius 1 is 1.47 bits per heavy atom. The standard InChI is InChI=1S/C10H20ClNO2S/c1-2-9(5-6-11)7-12-15(13,14)8-10-3-4-10/h9-10,12H,2-8H2,1H3. The Hall–Kier alpha value is 0.200. The fourth-order valence-electron chi connectivity index (χ4n) is 1.50. The van der Waals surface area contributed by atoms with Gasteiger partial charge >= 0.3 is 0 Å². The van der Waals surface area contributed by atoms with Crippen LogP contribution in [0.5, 0.6) is 0 Å². The Kier molecular flexibility index (Phi) is 5.36. The summed E-state index contributed by atoms with van der Waals surface area (Å²) in [7, 11) is -3.03. The van der Waals surface area contributed by atoms with Crippen molar-refractivity contribution in [1.82, 2.24) is 4.72 Å². The average Bonchev–Trinajstić information content (AvgIpc) is 2.95. The van der Waals surface area contributed by atoms with Gasteiger partial charge in [-0.05, 0) is 31.1 Å². The van der Waals surface area contributed by atoms with Gasteiger partial charge in [0.25, 0.3) is 0 Å². The van der Waals surface area contributed by atoms with E-state index in [0.29, 0.717) is 30.0 Å². The molecule has 1 aliphatic rings. The highest BCUT2D eigenvalue weighted by Gasteiger charge is 2.27. The Labute approximate surface area is 97.6 Å². The topological polar surface area (TPSA) is 46.2 Å². The second-order valence-corrected chi connectivity index (χ2v) is 6.55. The van der Waals surface area contributed by atoms with Gasteiger partial charge in [0.1, 0.15) is 0 Å². The minimum absolute atomic E-state index is 0.310. The van der Waals surface area contributed by atoms with Crippen molar-refractivity contribution in [3.05, 3.63) is 0 Å². The van der Waals surface area contributed by atoms with Crippen LogP contribution in [0.15, 0.2) is 0 Å². The van der Waals surface area contributed by atoms with E-state index in [-0.39, 0.29) is 0 Å². The molecule has 1 rings (SSSR count). The molecule has 1 atom stereocenters. The van der Waals surface area contributed by atoms with Crippen LogP contribution in [0.25, 0.3) is 0 Å². The highest BCUT2D eigenvalue weighted by Crippen LogP contribution is 2.29. The largest absolute Gasteiger partial charge is 0.215 e. The van der Waals surface area contributed by atoms with Crippen molar-refractivity contribution in [3.8, 4) is 0 Å². The number of halogens is 1. The molecule has 0 bridgehead atoms. The average molecular weight is 254 g/mol. The van der Waals surface area contributed by atoms with Gasteiger partial charge in [-0.15, -0.1) is 11.6 Å². The molecule has 1 N–H and O–H groups in total. The van der Waals surface area contributed by atoms with E-state index >= 15 is 0 Å². The van der Waals surface area contributed by atoms with Crippen LogP contribution in [0.2, 0.25) is 0 Å². The van der Waals surface area contributed by atoms with Crippen LogP contribution in [0.3, 0.4) is 0 Å². The van der Waals surface area contributed by atoms with Gasteiger partial charge in [0, 0.05) is 12.4 Å². The first-order valence-electron chi connectivity index (χ1n) is 5.60. The lowest BCUT2D eigenvalue weighted by Gasteiger charge is -2.14. The van der Waals surface area contributed by atoms with Gasteiger partial charge in [-0.2, -0.15) is 0 Å². The Morgan fingerprint density at radius 3 is 2.60 bits per heavy atom. The summed E-state index contributed by atoms with van der Waals surface area (Å²) in [5.41, 5.74) is 0. The van der Waals surface area contributed by atoms with Crippen molar-refractivity contribution in [2.45, 2.75) is 32.6 Å². The van der Waals surface area contributed by atoms with Gasteiger partial charge < -0.3 is 0 Å². The van der Waals surface area contributed by atoms with Gasteiger partial charge in [-0.1, -0.05) is 13.3 Å². The van der Waals surface area contributed by atoms with E-state index < -0.39 is 10.0 Å². The third kappa shape index (κ3) is 5.73. The summed E-state index contributed by atoms with van der Waals surface area (Å²) < 4.78 is 25.8. The summed E-state index contributed by atoms with van der Waals surface area (Å²) in [5, 5.41) is 0. The molecule has 3 nitrogen and oxygen atoms in total. The zero-order valence-corrected chi connectivity index (χ0v) is 10.8.